The molecule has 0 aliphatic carbocycles. The van der Waals surface area contributed by atoms with Gasteiger partial charge in [0.2, 0.25) is 5.88 Å². The Kier molecular flexibility index (Phi) is 4.62. The predicted molar refractivity (Wildman–Crippen MR) is 55.5 cm³/mol. The van der Waals surface area contributed by atoms with Gasteiger partial charge in [0.1, 0.15) is 0 Å². The Labute approximate surface area is 88.5 Å². The van der Waals surface area contributed by atoms with Gasteiger partial charge >= 0.3 is 0 Å². The molecule has 1 aromatic heterocycles. The molecule has 0 aliphatic rings. The van der Waals surface area contributed by atoms with Gasteiger partial charge in [-0.1, -0.05) is 0 Å². The van der Waals surface area contributed by atoms with E-state index in [1.807, 2.05) is 6.92 Å². The molecule has 0 saturated heterocycles. The summed E-state index contributed by atoms with van der Waals surface area (Å²) in [4.78, 5) is 8.11. The Bertz CT molecular complexity index is 279. The van der Waals surface area contributed by atoms with Crippen LogP contribution in [0.4, 0.5) is 0 Å². The number of rotatable bonds is 5. The molecule has 4 nitrogen and oxygen atoms in total. The first-order valence-corrected chi connectivity index (χ1v) is 4.97. The van der Waals surface area contributed by atoms with Gasteiger partial charge in [0, 0.05) is 24.2 Å². The molecule has 0 amide bonds. The van der Waals surface area contributed by atoms with E-state index in [-0.39, 0.29) is 5.92 Å². The van der Waals surface area contributed by atoms with Crippen molar-refractivity contribution in [3.8, 4) is 5.88 Å². The molecule has 5 heteroatoms. The Balaban J connectivity index is 2.49. The van der Waals surface area contributed by atoms with E-state index in [9.17, 15) is 0 Å². The molecule has 1 atom stereocenters. The van der Waals surface area contributed by atoms with Gasteiger partial charge in [0.25, 0.3) is 0 Å². The van der Waals surface area contributed by atoms with Crippen LogP contribution >= 0.6 is 11.6 Å². The van der Waals surface area contributed by atoms with Gasteiger partial charge in [0.05, 0.1) is 12.3 Å². The molecule has 1 unspecified atom stereocenters. The maximum atomic E-state index is 5.68. The van der Waals surface area contributed by atoms with Crippen LogP contribution < -0.4 is 10.5 Å². The first kappa shape index (κ1) is 11.2. The van der Waals surface area contributed by atoms with Crippen LogP contribution in [0.3, 0.4) is 0 Å². The van der Waals surface area contributed by atoms with Gasteiger partial charge < -0.3 is 10.5 Å². The molecule has 0 aromatic carbocycles. The first-order chi connectivity index (χ1) is 6.77. The lowest BCUT2D eigenvalue weighted by molar-refractivity contribution is 0.253. The molecule has 1 heterocycles. The van der Waals surface area contributed by atoms with Gasteiger partial charge in [-0.2, -0.15) is 0 Å². The maximum absolute atomic E-state index is 5.68. The summed E-state index contributed by atoms with van der Waals surface area (Å²) in [6, 6.07) is 0. The summed E-state index contributed by atoms with van der Waals surface area (Å²) in [7, 11) is 0. The second-order valence-electron chi connectivity index (χ2n) is 3.01. The summed E-state index contributed by atoms with van der Waals surface area (Å²) < 4.78 is 5.44. The average molecular weight is 216 g/mol. The van der Waals surface area contributed by atoms with E-state index in [0.29, 0.717) is 24.9 Å². The molecule has 78 valence electrons. The largest absolute Gasteiger partial charge is 0.476 e. The van der Waals surface area contributed by atoms with Crippen molar-refractivity contribution in [3.05, 3.63) is 18.1 Å². The summed E-state index contributed by atoms with van der Waals surface area (Å²) >= 11 is 5.68. The molecular formula is C9H14ClN3O. The molecule has 1 rings (SSSR count). The Morgan fingerprint density at radius 1 is 1.50 bits per heavy atom. The first-order valence-electron chi connectivity index (χ1n) is 4.44. The van der Waals surface area contributed by atoms with Gasteiger partial charge in [-0.05, 0) is 13.5 Å². The lowest BCUT2D eigenvalue weighted by Crippen LogP contribution is -2.23. The zero-order chi connectivity index (χ0) is 10.4. The highest BCUT2D eigenvalue weighted by Gasteiger charge is 2.07. The predicted octanol–water partition coefficient (Wildman–Crippen LogP) is 0.978. The summed E-state index contributed by atoms with van der Waals surface area (Å²) in [5.41, 5.74) is 6.26. The van der Waals surface area contributed by atoms with E-state index < -0.39 is 0 Å². The second kappa shape index (κ2) is 5.78. The van der Waals surface area contributed by atoms with Crippen LogP contribution in [0, 0.1) is 12.8 Å². The minimum atomic E-state index is 0.165. The van der Waals surface area contributed by atoms with Crippen molar-refractivity contribution in [3.63, 3.8) is 0 Å². The number of hydrogen-bond donors (Lipinski definition) is 1. The van der Waals surface area contributed by atoms with Gasteiger partial charge in [-0.15, -0.1) is 11.6 Å². The second-order valence-corrected chi connectivity index (χ2v) is 3.32. The molecule has 0 aliphatic heterocycles. The Hall–Kier alpha value is -0.870. The molecule has 1 aromatic rings. The summed E-state index contributed by atoms with van der Waals surface area (Å²) in [6.07, 6.45) is 3.23. The topological polar surface area (TPSA) is 61.0 Å². The third-order valence-electron chi connectivity index (χ3n) is 1.84. The quantitative estimate of drug-likeness (QED) is 0.744. The fourth-order valence-electron chi connectivity index (χ4n) is 0.909. The fourth-order valence-corrected chi connectivity index (χ4v) is 1.12. The summed E-state index contributed by atoms with van der Waals surface area (Å²) in [5.74, 6) is 1.21. The Morgan fingerprint density at radius 3 is 2.79 bits per heavy atom. The molecule has 0 spiro atoms. The summed E-state index contributed by atoms with van der Waals surface area (Å²) in [5, 5.41) is 0. The minimum Gasteiger partial charge on any atom is -0.476 e. The number of halogens is 1. The molecule has 2 N–H and O–H groups in total. The SMILES string of the molecule is Cc1nccnc1OCC(CN)CCl. The van der Waals surface area contributed by atoms with Crippen LogP contribution in [0.5, 0.6) is 5.88 Å². The van der Waals surface area contributed by atoms with E-state index in [4.69, 9.17) is 22.1 Å². The Morgan fingerprint density at radius 2 is 2.21 bits per heavy atom. The lowest BCUT2D eigenvalue weighted by atomic mass is 10.2. The standard InChI is InChI=1S/C9H14ClN3O/c1-7-9(13-3-2-12-7)14-6-8(4-10)5-11/h2-3,8H,4-6,11H2,1H3. The van der Waals surface area contributed by atoms with E-state index in [0.717, 1.165) is 5.69 Å². The number of nitrogens with two attached hydrogens (primary N) is 1. The van der Waals surface area contributed by atoms with Crippen LogP contribution in [-0.2, 0) is 0 Å². The number of aromatic nitrogens is 2. The maximum Gasteiger partial charge on any atom is 0.235 e. The van der Waals surface area contributed by atoms with Crippen LogP contribution in [0.15, 0.2) is 12.4 Å². The average Bonchev–Trinajstić information content (AvgIpc) is 2.22. The van der Waals surface area contributed by atoms with Gasteiger partial charge in [-0.25, -0.2) is 4.98 Å². The van der Waals surface area contributed by atoms with Gasteiger partial charge in [0.15, 0.2) is 0 Å². The highest BCUT2D eigenvalue weighted by Crippen LogP contribution is 2.10. The van der Waals surface area contributed by atoms with E-state index >= 15 is 0 Å². The smallest absolute Gasteiger partial charge is 0.235 e. The fraction of sp³-hybridized carbons (Fsp3) is 0.556. The van der Waals surface area contributed by atoms with Crippen LogP contribution in [-0.4, -0.2) is 29.0 Å². The van der Waals surface area contributed by atoms with E-state index in [1.165, 1.54) is 0 Å². The molecule has 0 radical (unpaired) electrons. The van der Waals surface area contributed by atoms with E-state index in [1.54, 1.807) is 12.4 Å². The number of ether oxygens (including phenoxy) is 1. The molecular weight excluding hydrogens is 202 g/mol. The van der Waals surface area contributed by atoms with Crippen molar-refractivity contribution < 1.29 is 4.74 Å². The van der Waals surface area contributed by atoms with Crippen molar-refractivity contribution in [2.45, 2.75) is 6.92 Å². The molecule has 14 heavy (non-hydrogen) atoms. The number of nitrogens with zero attached hydrogens (tertiary/aromatic N) is 2. The van der Waals surface area contributed by atoms with Crippen molar-refractivity contribution in [2.24, 2.45) is 11.7 Å². The summed E-state index contributed by atoms with van der Waals surface area (Å²) in [6.45, 7) is 2.85. The molecule has 0 fully saturated rings. The molecule has 0 saturated carbocycles. The normalized spacial score (nSPS) is 12.5. The van der Waals surface area contributed by atoms with E-state index in [2.05, 4.69) is 9.97 Å². The number of alkyl halides is 1. The zero-order valence-corrected chi connectivity index (χ0v) is 8.87. The third kappa shape index (κ3) is 3.12. The van der Waals surface area contributed by atoms with Crippen molar-refractivity contribution in [1.29, 1.82) is 0 Å². The highest BCUT2D eigenvalue weighted by atomic mass is 35.5. The van der Waals surface area contributed by atoms with Crippen LogP contribution in [0.1, 0.15) is 5.69 Å². The van der Waals surface area contributed by atoms with Crippen molar-refractivity contribution >= 4 is 11.6 Å². The number of aryl methyl sites for hydroxylation is 1. The lowest BCUT2D eigenvalue weighted by Gasteiger charge is -2.12. The minimum absolute atomic E-state index is 0.165. The monoisotopic (exact) mass is 215 g/mol. The highest BCUT2D eigenvalue weighted by molar-refractivity contribution is 6.18. The van der Waals surface area contributed by atoms with Crippen LogP contribution in [0.2, 0.25) is 0 Å². The van der Waals surface area contributed by atoms with Gasteiger partial charge in [-0.3, -0.25) is 4.98 Å². The molecule has 0 bridgehead atoms. The van der Waals surface area contributed by atoms with Crippen molar-refractivity contribution in [2.75, 3.05) is 19.0 Å². The van der Waals surface area contributed by atoms with Crippen molar-refractivity contribution in [1.82, 2.24) is 9.97 Å². The zero-order valence-electron chi connectivity index (χ0n) is 8.11. The van der Waals surface area contributed by atoms with Crippen LogP contribution in [0.25, 0.3) is 0 Å². The number of hydrogen-bond acceptors (Lipinski definition) is 4. The third-order valence-corrected chi connectivity index (χ3v) is 2.28.